The van der Waals surface area contributed by atoms with Gasteiger partial charge in [-0.05, 0) is 79.8 Å². The van der Waals surface area contributed by atoms with E-state index < -0.39 is 0 Å². The summed E-state index contributed by atoms with van der Waals surface area (Å²) >= 11 is 0. The molecule has 0 heterocycles. The SMILES string of the molecule is C=CCC(/C=C/N/C=C/CC(C=C)C(C)C)NC1=CCC(C(C)C)C=C1C1=CCCC=C1. The summed E-state index contributed by atoms with van der Waals surface area (Å²) in [5.41, 5.74) is 3.95. The van der Waals surface area contributed by atoms with E-state index >= 15 is 0 Å². The van der Waals surface area contributed by atoms with Crippen LogP contribution in [0.3, 0.4) is 0 Å². The molecule has 2 aliphatic carbocycles. The second-order valence-electron chi connectivity index (χ2n) is 9.56. The lowest BCUT2D eigenvalue weighted by Crippen LogP contribution is -2.29. The van der Waals surface area contributed by atoms with Crippen LogP contribution in [-0.2, 0) is 0 Å². The van der Waals surface area contributed by atoms with Crippen LogP contribution in [0.25, 0.3) is 0 Å². The third-order valence-corrected chi connectivity index (χ3v) is 6.39. The van der Waals surface area contributed by atoms with E-state index in [1.165, 1.54) is 16.8 Å². The van der Waals surface area contributed by atoms with E-state index in [9.17, 15) is 0 Å². The predicted octanol–water partition coefficient (Wildman–Crippen LogP) is 7.75. The molecular weight excluding hydrogens is 388 g/mol. The van der Waals surface area contributed by atoms with Crippen molar-refractivity contribution < 1.29 is 0 Å². The standard InChI is InChI=1S/C30H44N2/c1-7-13-28(19-21-31-20-12-16-25(8-2)23(3)4)32-30-18-17-27(24(5)6)22-29(30)26-14-10-9-11-15-26/h7-8,10,12,14-15,18-25,27-28,31-32H,1-2,9,11,13,16-17H2,3-6H3/b20-12+,21-19+. The lowest BCUT2D eigenvalue weighted by atomic mass is 9.82. The van der Waals surface area contributed by atoms with Crippen molar-refractivity contribution in [3.05, 3.63) is 97.1 Å². The second kappa shape index (κ2) is 13.8. The van der Waals surface area contributed by atoms with Crippen LogP contribution in [0.15, 0.2) is 97.1 Å². The molecule has 3 unspecified atom stereocenters. The molecule has 0 bridgehead atoms. The Hall–Kier alpha value is -2.48. The van der Waals surface area contributed by atoms with Gasteiger partial charge in [-0.15, -0.1) is 13.2 Å². The van der Waals surface area contributed by atoms with Gasteiger partial charge in [-0.2, -0.15) is 0 Å². The van der Waals surface area contributed by atoms with Gasteiger partial charge in [-0.1, -0.05) is 76.3 Å². The molecule has 0 amide bonds. The topological polar surface area (TPSA) is 24.1 Å². The van der Waals surface area contributed by atoms with Gasteiger partial charge in [0.25, 0.3) is 0 Å². The largest absolute Gasteiger partial charge is 0.378 e. The highest BCUT2D eigenvalue weighted by atomic mass is 14.9. The van der Waals surface area contributed by atoms with Crippen molar-refractivity contribution in [3.8, 4) is 0 Å². The highest BCUT2D eigenvalue weighted by Crippen LogP contribution is 2.33. The van der Waals surface area contributed by atoms with E-state index in [0.717, 1.165) is 32.1 Å². The van der Waals surface area contributed by atoms with Crippen molar-refractivity contribution in [2.75, 3.05) is 0 Å². The fourth-order valence-corrected chi connectivity index (χ4v) is 4.13. The van der Waals surface area contributed by atoms with Crippen LogP contribution >= 0.6 is 0 Å². The summed E-state index contributed by atoms with van der Waals surface area (Å²) in [4.78, 5) is 0. The average Bonchev–Trinajstić information content (AvgIpc) is 2.79. The summed E-state index contributed by atoms with van der Waals surface area (Å²) in [5, 5.41) is 7.08. The van der Waals surface area contributed by atoms with Gasteiger partial charge in [0.15, 0.2) is 0 Å². The molecule has 0 radical (unpaired) electrons. The monoisotopic (exact) mass is 432 g/mol. The van der Waals surface area contributed by atoms with E-state index in [1.807, 2.05) is 18.5 Å². The molecule has 0 saturated heterocycles. The fraction of sp³-hybridized carbons (Fsp3) is 0.467. The minimum atomic E-state index is 0.198. The maximum Gasteiger partial charge on any atom is 0.0495 e. The molecule has 0 fully saturated rings. The molecule has 0 aromatic carbocycles. The first-order valence-corrected chi connectivity index (χ1v) is 12.3. The summed E-state index contributed by atoms with van der Waals surface area (Å²) in [6.07, 6.45) is 29.5. The minimum absolute atomic E-state index is 0.198. The van der Waals surface area contributed by atoms with E-state index in [4.69, 9.17) is 0 Å². The highest BCUT2D eigenvalue weighted by Gasteiger charge is 2.21. The summed E-state index contributed by atoms with van der Waals surface area (Å²) in [5.74, 6) is 2.38. The number of allylic oxidation sites excluding steroid dienone is 8. The molecule has 32 heavy (non-hydrogen) atoms. The van der Waals surface area contributed by atoms with Gasteiger partial charge in [0.05, 0.1) is 0 Å². The molecule has 2 rings (SSSR count). The maximum absolute atomic E-state index is 3.97. The van der Waals surface area contributed by atoms with Crippen molar-refractivity contribution in [3.63, 3.8) is 0 Å². The van der Waals surface area contributed by atoms with E-state index in [0.29, 0.717) is 23.7 Å². The number of hydrogen-bond acceptors (Lipinski definition) is 2. The molecular formula is C30H44N2. The average molecular weight is 433 g/mol. The third-order valence-electron chi connectivity index (χ3n) is 6.39. The van der Waals surface area contributed by atoms with Gasteiger partial charge >= 0.3 is 0 Å². The highest BCUT2D eigenvalue weighted by molar-refractivity contribution is 5.53. The Labute approximate surface area is 197 Å². The lowest BCUT2D eigenvalue weighted by Gasteiger charge is -2.28. The van der Waals surface area contributed by atoms with E-state index in [-0.39, 0.29) is 6.04 Å². The van der Waals surface area contributed by atoms with Crippen LogP contribution < -0.4 is 10.6 Å². The Balaban J connectivity index is 2.03. The maximum atomic E-state index is 3.97. The van der Waals surface area contributed by atoms with E-state index in [2.05, 4.69) is 100 Å². The van der Waals surface area contributed by atoms with Gasteiger partial charge in [0, 0.05) is 17.3 Å². The van der Waals surface area contributed by atoms with Crippen LogP contribution in [0.1, 0.15) is 59.8 Å². The van der Waals surface area contributed by atoms with Crippen molar-refractivity contribution in [1.29, 1.82) is 0 Å². The van der Waals surface area contributed by atoms with Crippen molar-refractivity contribution in [2.24, 2.45) is 23.7 Å². The van der Waals surface area contributed by atoms with Crippen LogP contribution in [-0.4, -0.2) is 6.04 Å². The van der Waals surface area contributed by atoms with Crippen molar-refractivity contribution >= 4 is 0 Å². The zero-order chi connectivity index (χ0) is 23.3. The lowest BCUT2D eigenvalue weighted by molar-refractivity contribution is 0.461. The zero-order valence-electron chi connectivity index (χ0n) is 20.7. The molecule has 3 atom stereocenters. The summed E-state index contributed by atoms with van der Waals surface area (Å²) in [7, 11) is 0. The first-order chi connectivity index (χ1) is 15.5. The third kappa shape index (κ3) is 8.22. The van der Waals surface area contributed by atoms with Crippen molar-refractivity contribution in [2.45, 2.75) is 65.8 Å². The first kappa shape index (κ1) is 25.8. The Morgan fingerprint density at radius 1 is 1.06 bits per heavy atom. The molecule has 0 aromatic heterocycles. The quantitative estimate of drug-likeness (QED) is 0.291. The molecule has 2 N–H and O–H groups in total. The predicted molar refractivity (Wildman–Crippen MR) is 142 cm³/mol. The van der Waals surface area contributed by atoms with Gasteiger partial charge in [0.2, 0.25) is 0 Å². The van der Waals surface area contributed by atoms with Crippen LogP contribution in [0, 0.1) is 23.7 Å². The number of rotatable bonds is 13. The molecule has 2 heteroatoms. The molecule has 2 nitrogen and oxygen atoms in total. The zero-order valence-corrected chi connectivity index (χ0v) is 20.7. The Kier molecular flexibility index (Phi) is 11.1. The molecule has 174 valence electrons. The normalized spacial score (nSPS) is 20.8. The molecule has 0 aliphatic heterocycles. The van der Waals surface area contributed by atoms with Gasteiger partial charge < -0.3 is 10.6 Å². The fourth-order valence-electron chi connectivity index (χ4n) is 4.13. The molecule has 0 spiro atoms. The van der Waals surface area contributed by atoms with Crippen LogP contribution in [0.5, 0.6) is 0 Å². The van der Waals surface area contributed by atoms with E-state index in [1.54, 1.807) is 0 Å². The van der Waals surface area contributed by atoms with Crippen LogP contribution in [0.2, 0.25) is 0 Å². The van der Waals surface area contributed by atoms with Gasteiger partial charge in [-0.25, -0.2) is 0 Å². The second-order valence-corrected chi connectivity index (χ2v) is 9.56. The molecule has 0 saturated carbocycles. The van der Waals surface area contributed by atoms with Gasteiger partial charge in [-0.3, -0.25) is 0 Å². The van der Waals surface area contributed by atoms with Crippen molar-refractivity contribution in [1.82, 2.24) is 10.6 Å². The minimum Gasteiger partial charge on any atom is -0.378 e. The van der Waals surface area contributed by atoms with Crippen LogP contribution in [0.4, 0.5) is 0 Å². The molecule has 2 aliphatic rings. The number of hydrogen-bond donors (Lipinski definition) is 2. The first-order valence-electron chi connectivity index (χ1n) is 12.3. The summed E-state index contributed by atoms with van der Waals surface area (Å²) < 4.78 is 0. The Morgan fingerprint density at radius 2 is 1.88 bits per heavy atom. The van der Waals surface area contributed by atoms with Gasteiger partial charge in [0.1, 0.15) is 0 Å². The summed E-state index contributed by atoms with van der Waals surface area (Å²) in [6.45, 7) is 17.0. The summed E-state index contributed by atoms with van der Waals surface area (Å²) in [6, 6.07) is 0.198. The Morgan fingerprint density at radius 3 is 2.50 bits per heavy atom. The Bertz CT molecular complexity index is 786. The number of nitrogens with one attached hydrogen (secondary N) is 2. The molecule has 0 aromatic rings. The smallest absolute Gasteiger partial charge is 0.0495 e.